The third-order valence-electron chi connectivity index (χ3n) is 3.20. The van der Waals surface area contributed by atoms with E-state index in [9.17, 15) is 4.79 Å². The second-order valence-electron chi connectivity index (χ2n) is 4.86. The number of nitrogens with one attached hydrogen (secondary N) is 1. The summed E-state index contributed by atoms with van der Waals surface area (Å²) in [5, 5.41) is 15.4. The minimum Gasteiger partial charge on any atom is -0.339 e. The molecule has 0 saturated heterocycles. The highest BCUT2D eigenvalue weighted by Gasteiger charge is 2.09. The lowest BCUT2D eigenvalue weighted by Crippen LogP contribution is -2.11. The molecule has 1 N–H and O–H groups in total. The Kier molecular flexibility index (Phi) is 3.85. The van der Waals surface area contributed by atoms with E-state index in [1.165, 1.54) is 0 Å². The van der Waals surface area contributed by atoms with Gasteiger partial charge in [0.25, 0.3) is 5.91 Å². The van der Waals surface area contributed by atoms with Crippen LogP contribution in [0.4, 0.5) is 5.69 Å². The SMILES string of the molecule is Cc1nc(-c2ccc(C(=O)Nc3ccc(C#N)cc3)cc2)no1. The monoisotopic (exact) mass is 304 g/mol. The largest absolute Gasteiger partial charge is 0.339 e. The molecule has 1 heterocycles. The van der Waals surface area contributed by atoms with E-state index in [1.54, 1.807) is 55.5 Å². The smallest absolute Gasteiger partial charge is 0.255 e. The minimum atomic E-state index is -0.231. The van der Waals surface area contributed by atoms with Gasteiger partial charge < -0.3 is 9.84 Å². The molecule has 23 heavy (non-hydrogen) atoms. The summed E-state index contributed by atoms with van der Waals surface area (Å²) in [7, 11) is 0. The van der Waals surface area contributed by atoms with Gasteiger partial charge in [-0.15, -0.1) is 0 Å². The van der Waals surface area contributed by atoms with Crippen LogP contribution in [0.5, 0.6) is 0 Å². The Morgan fingerprint density at radius 1 is 1.13 bits per heavy atom. The normalized spacial score (nSPS) is 10.1. The average molecular weight is 304 g/mol. The summed E-state index contributed by atoms with van der Waals surface area (Å²) in [5.74, 6) is 0.745. The Hall–Kier alpha value is -3.46. The number of carbonyl (C=O) groups excluding carboxylic acids is 1. The molecule has 0 aliphatic rings. The second-order valence-corrected chi connectivity index (χ2v) is 4.86. The number of aromatic nitrogens is 2. The molecule has 1 amide bonds. The first-order valence-electron chi connectivity index (χ1n) is 6.88. The Morgan fingerprint density at radius 2 is 1.83 bits per heavy atom. The molecule has 3 rings (SSSR count). The van der Waals surface area contributed by atoms with Crippen molar-refractivity contribution in [3.8, 4) is 17.5 Å². The zero-order valence-corrected chi connectivity index (χ0v) is 12.3. The molecule has 0 aliphatic carbocycles. The molecule has 0 spiro atoms. The number of benzene rings is 2. The molecular formula is C17H12N4O2. The predicted molar refractivity (Wildman–Crippen MR) is 83.6 cm³/mol. The zero-order chi connectivity index (χ0) is 16.2. The van der Waals surface area contributed by atoms with Crippen LogP contribution in [0.2, 0.25) is 0 Å². The quantitative estimate of drug-likeness (QED) is 0.802. The molecule has 0 saturated carbocycles. The fourth-order valence-corrected chi connectivity index (χ4v) is 2.02. The number of nitriles is 1. The van der Waals surface area contributed by atoms with Crippen molar-refractivity contribution in [3.63, 3.8) is 0 Å². The van der Waals surface area contributed by atoms with Gasteiger partial charge >= 0.3 is 0 Å². The number of amides is 1. The lowest BCUT2D eigenvalue weighted by Gasteiger charge is -2.05. The fraction of sp³-hybridized carbons (Fsp3) is 0.0588. The number of hydrogen-bond acceptors (Lipinski definition) is 5. The van der Waals surface area contributed by atoms with Crippen LogP contribution >= 0.6 is 0 Å². The molecule has 0 atom stereocenters. The van der Waals surface area contributed by atoms with Gasteiger partial charge in [0.2, 0.25) is 11.7 Å². The third-order valence-corrected chi connectivity index (χ3v) is 3.20. The van der Waals surface area contributed by atoms with Crippen molar-refractivity contribution in [3.05, 3.63) is 65.5 Å². The molecular weight excluding hydrogens is 292 g/mol. The van der Waals surface area contributed by atoms with Crippen molar-refractivity contribution in [2.75, 3.05) is 5.32 Å². The molecule has 0 aliphatic heterocycles. The van der Waals surface area contributed by atoms with Crippen molar-refractivity contribution < 1.29 is 9.32 Å². The zero-order valence-electron chi connectivity index (χ0n) is 12.3. The van der Waals surface area contributed by atoms with Gasteiger partial charge in [0.1, 0.15) is 0 Å². The average Bonchev–Trinajstić information content (AvgIpc) is 3.02. The topological polar surface area (TPSA) is 91.8 Å². The van der Waals surface area contributed by atoms with Crippen molar-refractivity contribution in [2.24, 2.45) is 0 Å². The number of carbonyl (C=O) groups is 1. The summed E-state index contributed by atoms with van der Waals surface area (Å²) in [6, 6.07) is 15.6. The van der Waals surface area contributed by atoms with Crippen LogP contribution in [0.3, 0.4) is 0 Å². The van der Waals surface area contributed by atoms with Gasteiger partial charge in [0.05, 0.1) is 11.6 Å². The van der Waals surface area contributed by atoms with Gasteiger partial charge in [-0.3, -0.25) is 4.79 Å². The highest BCUT2D eigenvalue weighted by molar-refractivity contribution is 6.04. The first kappa shape index (κ1) is 14.5. The Morgan fingerprint density at radius 3 is 2.39 bits per heavy atom. The molecule has 1 aromatic heterocycles. The van der Waals surface area contributed by atoms with E-state index >= 15 is 0 Å². The van der Waals surface area contributed by atoms with E-state index in [4.69, 9.17) is 9.78 Å². The van der Waals surface area contributed by atoms with Gasteiger partial charge in [0.15, 0.2) is 0 Å². The Labute approximate surface area is 132 Å². The predicted octanol–water partition coefficient (Wildman–Crippen LogP) is 3.17. The lowest BCUT2D eigenvalue weighted by atomic mass is 10.1. The molecule has 2 aromatic carbocycles. The van der Waals surface area contributed by atoms with Crippen LogP contribution in [0.1, 0.15) is 21.8 Å². The summed E-state index contributed by atoms with van der Waals surface area (Å²) < 4.78 is 4.93. The molecule has 6 nitrogen and oxygen atoms in total. The number of nitrogens with zero attached hydrogens (tertiary/aromatic N) is 3. The Bertz CT molecular complexity index is 874. The first-order chi connectivity index (χ1) is 11.2. The van der Waals surface area contributed by atoms with Crippen LogP contribution in [-0.2, 0) is 0 Å². The number of rotatable bonds is 3. The maximum atomic E-state index is 12.2. The first-order valence-corrected chi connectivity index (χ1v) is 6.88. The van der Waals surface area contributed by atoms with E-state index in [-0.39, 0.29) is 5.91 Å². The highest BCUT2D eigenvalue weighted by atomic mass is 16.5. The van der Waals surface area contributed by atoms with E-state index in [0.717, 1.165) is 5.56 Å². The van der Waals surface area contributed by atoms with Crippen molar-refractivity contribution in [1.82, 2.24) is 10.1 Å². The maximum Gasteiger partial charge on any atom is 0.255 e. The Balaban J connectivity index is 1.73. The minimum absolute atomic E-state index is 0.231. The van der Waals surface area contributed by atoms with Crippen molar-refractivity contribution >= 4 is 11.6 Å². The summed E-state index contributed by atoms with van der Waals surface area (Å²) >= 11 is 0. The summed E-state index contributed by atoms with van der Waals surface area (Å²) in [4.78, 5) is 16.3. The molecule has 0 fully saturated rings. The van der Waals surface area contributed by atoms with Crippen molar-refractivity contribution in [2.45, 2.75) is 6.92 Å². The van der Waals surface area contributed by atoms with E-state index in [2.05, 4.69) is 15.5 Å². The summed E-state index contributed by atoms with van der Waals surface area (Å²) in [6.45, 7) is 1.72. The van der Waals surface area contributed by atoms with Crippen LogP contribution in [0.25, 0.3) is 11.4 Å². The van der Waals surface area contributed by atoms with Crippen LogP contribution < -0.4 is 5.32 Å². The van der Waals surface area contributed by atoms with Crippen LogP contribution in [-0.4, -0.2) is 16.0 Å². The van der Waals surface area contributed by atoms with Crippen LogP contribution in [0, 0.1) is 18.3 Å². The standard InChI is InChI=1S/C17H12N4O2/c1-11-19-16(21-23-11)13-4-6-14(7-5-13)17(22)20-15-8-2-12(10-18)3-9-15/h2-9H,1H3,(H,20,22). The van der Waals surface area contributed by atoms with Gasteiger partial charge in [-0.05, 0) is 36.4 Å². The highest BCUT2D eigenvalue weighted by Crippen LogP contribution is 2.17. The van der Waals surface area contributed by atoms with E-state index < -0.39 is 0 Å². The molecule has 3 aromatic rings. The van der Waals surface area contributed by atoms with E-state index in [0.29, 0.717) is 28.5 Å². The van der Waals surface area contributed by atoms with Gasteiger partial charge in [-0.1, -0.05) is 17.3 Å². The molecule has 112 valence electrons. The molecule has 6 heteroatoms. The lowest BCUT2D eigenvalue weighted by molar-refractivity contribution is 0.102. The van der Waals surface area contributed by atoms with E-state index in [1.807, 2.05) is 6.07 Å². The maximum absolute atomic E-state index is 12.2. The number of anilines is 1. The fourth-order valence-electron chi connectivity index (χ4n) is 2.02. The van der Waals surface area contributed by atoms with Gasteiger partial charge in [0, 0.05) is 23.7 Å². The van der Waals surface area contributed by atoms with Gasteiger partial charge in [-0.2, -0.15) is 10.2 Å². The second kappa shape index (κ2) is 6.12. The van der Waals surface area contributed by atoms with Crippen LogP contribution in [0.15, 0.2) is 53.1 Å². The molecule has 0 unspecified atom stereocenters. The number of aryl methyl sites for hydroxylation is 1. The van der Waals surface area contributed by atoms with Crippen molar-refractivity contribution in [1.29, 1.82) is 5.26 Å². The van der Waals surface area contributed by atoms with Gasteiger partial charge in [-0.25, -0.2) is 0 Å². The summed E-state index contributed by atoms with van der Waals surface area (Å²) in [6.07, 6.45) is 0. The summed E-state index contributed by atoms with van der Waals surface area (Å²) in [5.41, 5.74) is 2.46. The molecule has 0 radical (unpaired) electrons. The molecule has 0 bridgehead atoms. The third kappa shape index (κ3) is 3.24. The number of hydrogen-bond donors (Lipinski definition) is 1.